The van der Waals surface area contributed by atoms with E-state index in [1.54, 1.807) is 16.5 Å². The van der Waals surface area contributed by atoms with E-state index in [4.69, 9.17) is 5.73 Å². The standard InChI is InChI=1S/C14H12N4O2/c1-9-5-6-12-16-13(14(15)17(12)8-9)10-3-2-4-11(7-10)18(19)20/h2-8H,15H2,1H3. The lowest BCUT2D eigenvalue weighted by atomic mass is 10.1. The molecule has 1 aromatic carbocycles. The van der Waals surface area contributed by atoms with E-state index in [0.29, 0.717) is 17.1 Å². The zero-order valence-corrected chi connectivity index (χ0v) is 10.8. The minimum atomic E-state index is -0.431. The quantitative estimate of drug-likeness (QED) is 0.572. The third-order valence-electron chi connectivity index (χ3n) is 3.13. The van der Waals surface area contributed by atoms with Crippen LogP contribution in [0, 0.1) is 17.0 Å². The zero-order chi connectivity index (χ0) is 14.3. The Morgan fingerprint density at radius 2 is 2.10 bits per heavy atom. The Kier molecular flexibility index (Phi) is 2.64. The average Bonchev–Trinajstić information content (AvgIpc) is 2.76. The number of nitrogen functional groups attached to an aromatic ring is 1. The van der Waals surface area contributed by atoms with Crippen molar-refractivity contribution >= 4 is 17.2 Å². The number of aryl methyl sites for hydroxylation is 1. The average molecular weight is 268 g/mol. The summed E-state index contributed by atoms with van der Waals surface area (Å²) >= 11 is 0. The maximum absolute atomic E-state index is 10.8. The molecule has 0 amide bonds. The molecule has 0 aliphatic rings. The zero-order valence-electron chi connectivity index (χ0n) is 10.8. The van der Waals surface area contributed by atoms with Crippen molar-refractivity contribution in [2.75, 3.05) is 5.73 Å². The number of hydrogen-bond donors (Lipinski definition) is 1. The molecule has 2 aromatic heterocycles. The lowest BCUT2D eigenvalue weighted by Gasteiger charge is -2.00. The number of nitro groups is 1. The fourth-order valence-electron chi connectivity index (χ4n) is 2.15. The van der Waals surface area contributed by atoms with E-state index >= 15 is 0 Å². The first-order chi connectivity index (χ1) is 9.56. The fraction of sp³-hybridized carbons (Fsp3) is 0.0714. The third kappa shape index (κ3) is 1.87. The maximum atomic E-state index is 10.8. The second kappa shape index (κ2) is 4.34. The highest BCUT2D eigenvalue weighted by Crippen LogP contribution is 2.29. The van der Waals surface area contributed by atoms with Crippen molar-refractivity contribution in [3.05, 3.63) is 58.3 Å². The summed E-state index contributed by atoms with van der Waals surface area (Å²) in [5.74, 6) is 0.476. The molecule has 0 saturated carbocycles. The summed E-state index contributed by atoms with van der Waals surface area (Å²) < 4.78 is 1.78. The summed E-state index contributed by atoms with van der Waals surface area (Å²) in [5.41, 5.74) is 9.09. The lowest BCUT2D eigenvalue weighted by Crippen LogP contribution is -1.95. The second-order valence-electron chi connectivity index (χ2n) is 4.59. The minimum Gasteiger partial charge on any atom is -0.383 e. The highest BCUT2D eigenvalue weighted by atomic mass is 16.6. The molecule has 2 N–H and O–H groups in total. The molecule has 6 nitrogen and oxygen atoms in total. The number of nitro benzene ring substituents is 1. The summed E-state index contributed by atoms with van der Waals surface area (Å²) in [6, 6.07) is 10.1. The van der Waals surface area contributed by atoms with Gasteiger partial charge in [0.15, 0.2) is 0 Å². The molecule has 0 unspecified atom stereocenters. The number of hydrogen-bond acceptors (Lipinski definition) is 4. The van der Waals surface area contributed by atoms with Gasteiger partial charge >= 0.3 is 0 Å². The predicted molar refractivity (Wildman–Crippen MR) is 76.4 cm³/mol. The second-order valence-corrected chi connectivity index (χ2v) is 4.59. The van der Waals surface area contributed by atoms with Crippen LogP contribution in [-0.4, -0.2) is 14.3 Å². The Morgan fingerprint density at radius 1 is 1.30 bits per heavy atom. The van der Waals surface area contributed by atoms with E-state index in [9.17, 15) is 10.1 Å². The van der Waals surface area contributed by atoms with Crippen LogP contribution in [0.2, 0.25) is 0 Å². The summed E-state index contributed by atoms with van der Waals surface area (Å²) in [5, 5.41) is 10.8. The van der Waals surface area contributed by atoms with Crippen molar-refractivity contribution in [3.63, 3.8) is 0 Å². The van der Waals surface area contributed by atoms with Crippen LogP contribution in [0.3, 0.4) is 0 Å². The number of rotatable bonds is 2. The molecule has 0 aliphatic heterocycles. The van der Waals surface area contributed by atoms with Gasteiger partial charge in [-0.3, -0.25) is 14.5 Å². The van der Waals surface area contributed by atoms with Crippen LogP contribution >= 0.6 is 0 Å². The van der Waals surface area contributed by atoms with Crippen molar-refractivity contribution < 1.29 is 4.92 Å². The normalized spacial score (nSPS) is 10.8. The van der Waals surface area contributed by atoms with Gasteiger partial charge in [-0.15, -0.1) is 0 Å². The van der Waals surface area contributed by atoms with E-state index in [-0.39, 0.29) is 5.69 Å². The first kappa shape index (κ1) is 12.2. The molecule has 0 fully saturated rings. The number of nitrogens with zero attached hydrogens (tertiary/aromatic N) is 3. The van der Waals surface area contributed by atoms with Gasteiger partial charge < -0.3 is 5.73 Å². The van der Waals surface area contributed by atoms with E-state index in [1.807, 2.05) is 25.3 Å². The summed E-state index contributed by atoms with van der Waals surface area (Å²) in [6.45, 7) is 1.96. The van der Waals surface area contributed by atoms with Crippen LogP contribution in [0.15, 0.2) is 42.6 Å². The first-order valence-electron chi connectivity index (χ1n) is 6.05. The summed E-state index contributed by atoms with van der Waals surface area (Å²) in [4.78, 5) is 14.8. The minimum absolute atomic E-state index is 0.0233. The Labute approximate surface area is 114 Å². The molecule has 0 saturated heterocycles. The van der Waals surface area contributed by atoms with Gasteiger partial charge in [0.05, 0.1) is 4.92 Å². The van der Waals surface area contributed by atoms with Crippen molar-refractivity contribution in [1.29, 1.82) is 0 Å². The van der Waals surface area contributed by atoms with Gasteiger partial charge in [-0.1, -0.05) is 18.2 Å². The van der Waals surface area contributed by atoms with Gasteiger partial charge in [0.2, 0.25) is 0 Å². The number of anilines is 1. The van der Waals surface area contributed by atoms with Gasteiger partial charge in [0, 0.05) is 23.9 Å². The van der Waals surface area contributed by atoms with Crippen molar-refractivity contribution in [2.24, 2.45) is 0 Å². The molecule has 3 rings (SSSR count). The molecule has 0 spiro atoms. The monoisotopic (exact) mass is 268 g/mol. The molecular weight excluding hydrogens is 256 g/mol. The number of imidazole rings is 1. The molecule has 0 radical (unpaired) electrons. The Balaban J connectivity index is 2.22. The SMILES string of the molecule is Cc1ccc2nc(-c3cccc([N+](=O)[O-])c3)c(N)n2c1. The Hall–Kier alpha value is -2.89. The topological polar surface area (TPSA) is 86.5 Å². The molecule has 2 heterocycles. The van der Waals surface area contributed by atoms with E-state index in [0.717, 1.165) is 11.2 Å². The van der Waals surface area contributed by atoms with E-state index < -0.39 is 4.92 Å². The molecule has 100 valence electrons. The molecule has 6 heteroatoms. The van der Waals surface area contributed by atoms with Crippen LogP contribution in [0.5, 0.6) is 0 Å². The molecule has 20 heavy (non-hydrogen) atoms. The number of non-ortho nitro benzene ring substituents is 1. The van der Waals surface area contributed by atoms with Crippen LogP contribution in [0.1, 0.15) is 5.56 Å². The van der Waals surface area contributed by atoms with Gasteiger partial charge in [-0.25, -0.2) is 4.98 Å². The van der Waals surface area contributed by atoms with Crippen LogP contribution in [0.4, 0.5) is 11.5 Å². The summed E-state index contributed by atoms with van der Waals surface area (Å²) in [7, 11) is 0. The molecule has 0 atom stereocenters. The van der Waals surface area contributed by atoms with Crippen LogP contribution in [-0.2, 0) is 0 Å². The number of benzene rings is 1. The van der Waals surface area contributed by atoms with Gasteiger partial charge in [0.25, 0.3) is 5.69 Å². The Morgan fingerprint density at radius 3 is 2.85 bits per heavy atom. The molecule has 0 bridgehead atoms. The smallest absolute Gasteiger partial charge is 0.270 e. The van der Waals surface area contributed by atoms with Crippen LogP contribution < -0.4 is 5.73 Å². The van der Waals surface area contributed by atoms with E-state index in [1.165, 1.54) is 12.1 Å². The molecule has 0 aliphatic carbocycles. The molecule has 3 aromatic rings. The Bertz CT molecular complexity index is 823. The lowest BCUT2D eigenvalue weighted by molar-refractivity contribution is -0.384. The van der Waals surface area contributed by atoms with Crippen molar-refractivity contribution in [1.82, 2.24) is 9.38 Å². The van der Waals surface area contributed by atoms with Crippen molar-refractivity contribution in [2.45, 2.75) is 6.92 Å². The number of nitrogens with two attached hydrogens (primary N) is 1. The predicted octanol–water partition coefficient (Wildman–Crippen LogP) is 2.80. The van der Waals surface area contributed by atoms with Gasteiger partial charge in [-0.05, 0) is 18.6 Å². The number of aromatic nitrogens is 2. The maximum Gasteiger partial charge on any atom is 0.270 e. The van der Waals surface area contributed by atoms with E-state index in [2.05, 4.69) is 4.98 Å². The van der Waals surface area contributed by atoms with Crippen molar-refractivity contribution in [3.8, 4) is 11.3 Å². The van der Waals surface area contributed by atoms with Crippen LogP contribution in [0.25, 0.3) is 16.9 Å². The number of fused-ring (bicyclic) bond motifs is 1. The number of pyridine rings is 1. The first-order valence-corrected chi connectivity index (χ1v) is 6.05. The summed E-state index contributed by atoms with van der Waals surface area (Å²) in [6.07, 6.45) is 1.89. The van der Waals surface area contributed by atoms with Gasteiger partial charge in [0.1, 0.15) is 17.2 Å². The highest BCUT2D eigenvalue weighted by Gasteiger charge is 2.14. The largest absolute Gasteiger partial charge is 0.383 e. The third-order valence-corrected chi connectivity index (χ3v) is 3.13. The fourth-order valence-corrected chi connectivity index (χ4v) is 2.15. The highest BCUT2D eigenvalue weighted by molar-refractivity contribution is 5.76. The molecular formula is C14H12N4O2. The van der Waals surface area contributed by atoms with Gasteiger partial charge in [-0.2, -0.15) is 0 Å².